The Balaban J connectivity index is 2.05. The average molecular weight is 213 g/mol. The Labute approximate surface area is 92.6 Å². The quantitative estimate of drug-likeness (QED) is 0.692. The van der Waals surface area contributed by atoms with Gasteiger partial charge in [0.1, 0.15) is 0 Å². The molecule has 2 heteroatoms. The van der Waals surface area contributed by atoms with Crippen molar-refractivity contribution in [2.24, 2.45) is 5.92 Å². The van der Waals surface area contributed by atoms with E-state index in [0.717, 1.165) is 12.0 Å². The summed E-state index contributed by atoms with van der Waals surface area (Å²) in [5, 5.41) is 0. The van der Waals surface area contributed by atoms with Crippen LogP contribution in [0.1, 0.15) is 46.0 Å². The highest BCUT2D eigenvalue weighted by molar-refractivity contribution is 7.99. The number of fused-ring (bicyclic) bond motifs is 2. The van der Waals surface area contributed by atoms with Crippen LogP contribution in [0.5, 0.6) is 0 Å². The highest BCUT2D eigenvalue weighted by Gasteiger charge is 2.38. The van der Waals surface area contributed by atoms with Gasteiger partial charge in [-0.1, -0.05) is 12.8 Å². The van der Waals surface area contributed by atoms with Crippen LogP contribution in [0.4, 0.5) is 0 Å². The summed E-state index contributed by atoms with van der Waals surface area (Å²) in [6.45, 7) is 6.10. The van der Waals surface area contributed by atoms with Gasteiger partial charge in [-0.05, 0) is 45.3 Å². The Morgan fingerprint density at radius 3 is 2.71 bits per heavy atom. The molecule has 0 aromatic rings. The van der Waals surface area contributed by atoms with E-state index >= 15 is 0 Å². The summed E-state index contributed by atoms with van der Waals surface area (Å²) in [5.74, 6) is 1.06. The minimum atomic E-state index is 0.354. The third-order valence-corrected chi connectivity index (χ3v) is 5.40. The monoisotopic (exact) mass is 213 g/mol. The molecule has 82 valence electrons. The summed E-state index contributed by atoms with van der Waals surface area (Å²) in [5.41, 5.74) is 0. The van der Waals surface area contributed by atoms with Gasteiger partial charge in [0, 0.05) is 12.6 Å². The van der Waals surface area contributed by atoms with Gasteiger partial charge in [-0.25, -0.2) is 0 Å². The van der Waals surface area contributed by atoms with Crippen molar-refractivity contribution in [2.45, 2.75) is 56.9 Å². The number of hydrogen-bond acceptors (Lipinski definition) is 2. The molecular weight excluding hydrogens is 190 g/mol. The zero-order valence-electron chi connectivity index (χ0n) is 9.75. The number of nitrogens with zero attached hydrogens (tertiary/aromatic N) is 1. The molecule has 2 fully saturated rings. The molecule has 0 aromatic heterocycles. The molecule has 1 saturated heterocycles. The van der Waals surface area contributed by atoms with Crippen molar-refractivity contribution >= 4 is 11.8 Å². The molecule has 0 amide bonds. The number of likely N-dealkylation sites (tertiary alicyclic amines) is 1. The van der Waals surface area contributed by atoms with Gasteiger partial charge in [0.15, 0.2) is 0 Å². The van der Waals surface area contributed by atoms with Crippen LogP contribution < -0.4 is 0 Å². The lowest BCUT2D eigenvalue weighted by atomic mass is 9.79. The average Bonchev–Trinajstić information content (AvgIpc) is 2.18. The lowest BCUT2D eigenvalue weighted by Gasteiger charge is -2.50. The molecule has 1 saturated carbocycles. The second-order valence-electron chi connectivity index (χ2n) is 5.32. The Morgan fingerprint density at radius 2 is 2.00 bits per heavy atom. The van der Waals surface area contributed by atoms with E-state index < -0.39 is 0 Å². The summed E-state index contributed by atoms with van der Waals surface area (Å²) < 4.78 is 0. The lowest BCUT2D eigenvalue weighted by Crippen LogP contribution is -2.53. The molecule has 1 aliphatic carbocycles. The number of hydrogen-bond donors (Lipinski definition) is 0. The molecule has 2 bridgehead atoms. The zero-order chi connectivity index (χ0) is 10.2. The lowest BCUT2D eigenvalue weighted by molar-refractivity contribution is 0.0361. The van der Waals surface area contributed by atoms with E-state index in [4.69, 9.17) is 0 Å². The summed E-state index contributed by atoms with van der Waals surface area (Å²) in [6, 6.07) is 0.893. The molecular formula is C12H23NS. The van der Waals surface area contributed by atoms with E-state index in [1.807, 2.05) is 11.8 Å². The van der Waals surface area contributed by atoms with Gasteiger partial charge in [-0.2, -0.15) is 0 Å². The fourth-order valence-corrected chi connectivity index (χ4v) is 3.61. The normalized spacial score (nSPS) is 34.5. The first-order valence-electron chi connectivity index (χ1n) is 5.95. The van der Waals surface area contributed by atoms with Gasteiger partial charge in [0.25, 0.3) is 0 Å². The maximum atomic E-state index is 2.76. The van der Waals surface area contributed by atoms with Crippen molar-refractivity contribution in [3.05, 3.63) is 0 Å². The molecule has 1 heterocycles. The second kappa shape index (κ2) is 4.05. The SMILES string of the molecule is CSC(C)(C)N1CCC2CCCC1C2. The molecule has 14 heavy (non-hydrogen) atoms. The van der Waals surface area contributed by atoms with E-state index in [2.05, 4.69) is 25.0 Å². The van der Waals surface area contributed by atoms with Crippen LogP contribution in [-0.2, 0) is 0 Å². The van der Waals surface area contributed by atoms with Gasteiger partial charge < -0.3 is 0 Å². The van der Waals surface area contributed by atoms with Gasteiger partial charge in [0.05, 0.1) is 4.87 Å². The molecule has 0 spiro atoms. The molecule has 2 aliphatic rings. The summed E-state index contributed by atoms with van der Waals surface area (Å²) in [7, 11) is 0. The Hall–Kier alpha value is 0.310. The zero-order valence-corrected chi connectivity index (χ0v) is 10.6. The smallest absolute Gasteiger partial charge is 0.0612 e. The largest absolute Gasteiger partial charge is 0.286 e. The number of thioether (sulfide) groups is 1. The summed E-state index contributed by atoms with van der Waals surface area (Å²) in [4.78, 5) is 3.11. The van der Waals surface area contributed by atoms with Crippen molar-refractivity contribution in [3.63, 3.8) is 0 Å². The van der Waals surface area contributed by atoms with Crippen LogP contribution in [-0.4, -0.2) is 28.6 Å². The van der Waals surface area contributed by atoms with Crippen molar-refractivity contribution in [1.29, 1.82) is 0 Å². The summed E-state index contributed by atoms with van der Waals surface area (Å²) >= 11 is 2.00. The molecule has 0 radical (unpaired) electrons. The third-order valence-electron chi connectivity index (χ3n) is 4.17. The number of rotatable bonds is 2. The van der Waals surface area contributed by atoms with Crippen LogP contribution in [0.2, 0.25) is 0 Å². The Morgan fingerprint density at radius 1 is 1.21 bits per heavy atom. The number of piperidine rings is 1. The molecule has 0 N–H and O–H groups in total. The predicted molar refractivity (Wildman–Crippen MR) is 64.7 cm³/mol. The highest BCUT2D eigenvalue weighted by atomic mass is 32.2. The maximum Gasteiger partial charge on any atom is 0.0612 e. The Kier molecular flexibility index (Phi) is 3.13. The van der Waals surface area contributed by atoms with E-state index in [9.17, 15) is 0 Å². The van der Waals surface area contributed by atoms with Crippen molar-refractivity contribution in [3.8, 4) is 0 Å². The standard InChI is InChI=1S/C12H23NS/c1-12(2,14-3)13-8-7-10-5-4-6-11(13)9-10/h10-11H,4-9H2,1-3H3. The van der Waals surface area contributed by atoms with Crippen LogP contribution in [0.25, 0.3) is 0 Å². The summed E-state index contributed by atoms with van der Waals surface area (Å²) in [6.07, 6.45) is 9.58. The van der Waals surface area contributed by atoms with Gasteiger partial charge in [0.2, 0.25) is 0 Å². The van der Waals surface area contributed by atoms with E-state index in [0.29, 0.717) is 4.87 Å². The Bertz CT molecular complexity index is 202. The predicted octanol–water partition coefficient (Wildman–Crippen LogP) is 3.35. The van der Waals surface area contributed by atoms with Crippen molar-refractivity contribution in [2.75, 3.05) is 12.8 Å². The fraction of sp³-hybridized carbons (Fsp3) is 1.00. The fourth-order valence-electron chi connectivity index (χ4n) is 3.14. The van der Waals surface area contributed by atoms with Gasteiger partial charge in [-0.3, -0.25) is 4.90 Å². The van der Waals surface area contributed by atoms with Crippen LogP contribution in [0.15, 0.2) is 0 Å². The van der Waals surface area contributed by atoms with Gasteiger partial charge in [-0.15, -0.1) is 11.8 Å². The third kappa shape index (κ3) is 1.96. The molecule has 2 unspecified atom stereocenters. The van der Waals surface area contributed by atoms with E-state index in [-0.39, 0.29) is 0 Å². The maximum absolute atomic E-state index is 2.76. The van der Waals surface area contributed by atoms with Crippen molar-refractivity contribution in [1.82, 2.24) is 4.90 Å². The van der Waals surface area contributed by atoms with E-state index in [1.165, 1.54) is 38.6 Å². The first-order valence-corrected chi connectivity index (χ1v) is 7.18. The molecule has 0 aromatic carbocycles. The van der Waals surface area contributed by atoms with Crippen LogP contribution in [0.3, 0.4) is 0 Å². The minimum Gasteiger partial charge on any atom is -0.286 e. The van der Waals surface area contributed by atoms with Crippen molar-refractivity contribution < 1.29 is 0 Å². The topological polar surface area (TPSA) is 3.24 Å². The first-order chi connectivity index (χ1) is 6.63. The highest BCUT2D eigenvalue weighted by Crippen LogP contribution is 2.40. The molecule has 1 nitrogen and oxygen atoms in total. The molecule has 1 aliphatic heterocycles. The second-order valence-corrected chi connectivity index (χ2v) is 6.73. The molecule has 2 atom stereocenters. The minimum absolute atomic E-state index is 0.354. The molecule has 2 rings (SSSR count). The first kappa shape index (κ1) is 10.8. The van der Waals surface area contributed by atoms with E-state index in [1.54, 1.807) is 0 Å². The van der Waals surface area contributed by atoms with Crippen LogP contribution >= 0.6 is 11.8 Å². The van der Waals surface area contributed by atoms with Gasteiger partial charge >= 0.3 is 0 Å². The van der Waals surface area contributed by atoms with Crippen LogP contribution in [0, 0.1) is 5.92 Å².